The van der Waals surface area contributed by atoms with Gasteiger partial charge in [-0.3, -0.25) is 4.57 Å². The van der Waals surface area contributed by atoms with Gasteiger partial charge in [-0.25, -0.2) is 4.99 Å². The van der Waals surface area contributed by atoms with Crippen LogP contribution < -0.4 is 5.32 Å². The predicted octanol–water partition coefficient (Wildman–Crippen LogP) is 11.2. The van der Waals surface area contributed by atoms with Gasteiger partial charge in [0.1, 0.15) is 0 Å². The number of aromatic nitrogens is 2. The number of allylic oxidation sites excluding steroid dienone is 1. The van der Waals surface area contributed by atoms with Crippen molar-refractivity contribution < 1.29 is 0 Å². The molecular weight excluding hydrogens is 609 g/mol. The molecule has 2 aromatic heterocycles. The Morgan fingerprint density at radius 2 is 1.34 bits per heavy atom. The topological polar surface area (TPSA) is 34.2 Å². The molecule has 0 bridgehead atoms. The molecule has 11 rings (SSSR count). The molecule has 1 aliphatic heterocycles. The first-order valence-corrected chi connectivity index (χ1v) is 17.5. The molecular formula is C46H32N4. The number of nitrogens with one attached hydrogen (secondary N) is 1. The van der Waals surface area contributed by atoms with Crippen LogP contribution in [0.2, 0.25) is 0 Å². The van der Waals surface area contributed by atoms with E-state index in [-0.39, 0.29) is 6.04 Å². The smallest absolute Gasteiger partial charge is 0.209 e. The van der Waals surface area contributed by atoms with E-state index >= 15 is 0 Å². The highest BCUT2D eigenvalue weighted by Gasteiger charge is 2.27. The van der Waals surface area contributed by atoms with Gasteiger partial charge in [0, 0.05) is 32.8 Å². The minimum absolute atomic E-state index is 0.0239. The van der Waals surface area contributed by atoms with Crippen LogP contribution in [0.4, 0.5) is 5.69 Å². The molecule has 4 heteroatoms. The highest BCUT2D eigenvalue weighted by molar-refractivity contribution is 6.24. The highest BCUT2D eigenvalue weighted by atomic mass is 15.2. The highest BCUT2D eigenvalue weighted by Crippen LogP contribution is 2.42. The first-order chi connectivity index (χ1) is 24.8. The average molecular weight is 641 g/mol. The summed E-state index contributed by atoms with van der Waals surface area (Å²) in [4.78, 5) is 5.29. The maximum Gasteiger partial charge on any atom is 0.209 e. The largest absolute Gasteiger partial charge is 0.344 e. The Kier molecular flexibility index (Phi) is 5.81. The van der Waals surface area contributed by atoms with Crippen molar-refractivity contribution in [1.29, 1.82) is 0 Å². The quantitative estimate of drug-likeness (QED) is 0.200. The Morgan fingerprint density at radius 3 is 2.28 bits per heavy atom. The monoisotopic (exact) mass is 640 g/mol. The van der Waals surface area contributed by atoms with Crippen molar-refractivity contribution in [3.8, 4) is 5.69 Å². The maximum atomic E-state index is 5.29. The Balaban J connectivity index is 1.20. The van der Waals surface area contributed by atoms with Crippen molar-refractivity contribution >= 4 is 72.1 Å². The van der Waals surface area contributed by atoms with Crippen LogP contribution in [0, 0.1) is 0 Å². The van der Waals surface area contributed by atoms with Crippen molar-refractivity contribution in [3.63, 3.8) is 0 Å². The first-order valence-electron chi connectivity index (χ1n) is 17.5. The van der Waals surface area contributed by atoms with E-state index in [2.05, 4.69) is 172 Å². The van der Waals surface area contributed by atoms with Crippen LogP contribution in [0.5, 0.6) is 0 Å². The molecule has 1 aliphatic carbocycles. The van der Waals surface area contributed by atoms with Gasteiger partial charge in [-0.15, -0.1) is 0 Å². The van der Waals surface area contributed by atoms with E-state index in [1.165, 1.54) is 65.6 Å². The van der Waals surface area contributed by atoms with Crippen molar-refractivity contribution in [2.24, 2.45) is 4.99 Å². The van der Waals surface area contributed by atoms with Crippen molar-refractivity contribution in [2.45, 2.75) is 18.9 Å². The van der Waals surface area contributed by atoms with E-state index in [4.69, 9.17) is 4.99 Å². The van der Waals surface area contributed by atoms with Crippen LogP contribution in [0.1, 0.15) is 34.7 Å². The molecule has 0 radical (unpaired) electrons. The average Bonchev–Trinajstić information content (AvgIpc) is 3.71. The molecule has 0 amide bonds. The summed E-state index contributed by atoms with van der Waals surface area (Å²) < 4.78 is 4.80. The molecule has 1 unspecified atom stereocenters. The molecule has 9 aromatic rings. The molecule has 3 heterocycles. The van der Waals surface area contributed by atoms with Gasteiger partial charge in [0.05, 0.1) is 33.8 Å². The molecule has 236 valence electrons. The van der Waals surface area contributed by atoms with Crippen LogP contribution >= 0.6 is 0 Å². The number of para-hydroxylation sites is 2. The Hall–Kier alpha value is -6.39. The molecule has 1 N–H and O–H groups in total. The van der Waals surface area contributed by atoms with E-state index in [0.717, 1.165) is 41.2 Å². The number of hydrogen-bond donors (Lipinski definition) is 1. The number of hydrogen-bond acceptors (Lipinski definition) is 2. The maximum absolute atomic E-state index is 5.29. The van der Waals surface area contributed by atoms with E-state index in [1.807, 2.05) is 0 Å². The second-order valence-corrected chi connectivity index (χ2v) is 13.5. The van der Waals surface area contributed by atoms with E-state index in [9.17, 15) is 0 Å². The Morgan fingerprint density at radius 1 is 0.580 bits per heavy atom. The zero-order chi connectivity index (χ0) is 32.8. The summed E-state index contributed by atoms with van der Waals surface area (Å²) in [5.41, 5.74) is 12.0. The van der Waals surface area contributed by atoms with E-state index < -0.39 is 0 Å². The van der Waals surface area contributed by atoms with E-state index in [1.54, 1.807) is 0 Å². The SMILES string of the molecule is C1=Cc2c(ccc3c2c2c4ccccc4ccc2n3-c2ccc3c4ccccc4n(C4=Nc5ccccc5C(c5ccccc5)N4)c3c2)CC1. The lowest BCUT2D eigenvalue weighted by Gasteiger charge is -2.28. The Labute approximate surface area is 289 Å². The van der Waals surface area contributed by atoms with Gasteiger partial charge >= 0.3 is 0 Å². The third kappa shape index (κ3) is 3.90. The number of benzene rings is 7. The first kappa shape index (κ1) is 27.5. The van der Waals surface area contributed by atoms with Crippen molar-refractivity contribution in [1.82, 2.24) is 14.5 Å². The minimum Gasteiger partial charge on any atom is -0.344 e. The summed E-state index contributed by atoms with van der Waals surface area (Å²) in [6.45, 7) is 0. The predicted molar refractivity (Wildman–Crippen MR) is 209 cm³/mol. The number of aryl methyl sites for hydroxylation is 1. The molecule has 1 atom stereocenters. The molecule has 50 heavy (non-hydrogen) atoms. The lowest BCUT2D eigenvalue weighted by molar-refractivity contribution is 0.731. The van der Waals surface area contributed by atoms with Gasteiger partial charge in [0.2, 0.25) is 5.96 Å². The molecule has 0 fully saturated rings. The van der Waals surface area contributed by atoms with Gasteiger partial charge in [0.25, 0.3) is 0 Å². The number of aliphatic imine (C=N–C) groups is 1. The second-order valence-electron chi connectivity index (χ2n) is 13.5. The van der Waals surface area contributed by atoms with Gasteiger partial charge in [-0.2, -0.15) is 0 Å². The summed E-state index contributed by atoms with van der Waals surface area (Å²) in [7, 11) is 0. The van der Waals surface area contributed by atoms with Crippen LogP contribution in [0.25, 0.3) is 66.1 Å². The third-order valence-corrected chi connectivity index (χ3v) is 10.8. The third-order valence-electron chi connectivity index (χ3n) is 10.8. The molecule has 0 saturated carbocycles. The van der Waals surface area contributed by atoms with Gasteiger partial charge < -0.3 is 9.88 Å². The number of nitrogens with zero attached hydrogens (tertiary/aromatic N) is 3. The summed E-state index contributed by atoms with van der Waals surface area (Å²) >= 11 is 0. The zero-order valence-electron chi connectivity index (χ0n) is 27.3. The fourth-order valence-electron chi connectivity index (χ4n) is 8.60. The van der Waals surface area contributed by atoms with Crippen LogP contribution in [0.3, 0.4) is 0 Å². The number of rotatable bonds is 2. The zero-order valence-corrected chi connectivity index (χ0v) is 27.3. The van der Waals surface area contributed by atoms with Crippen LogP contribution in [-0.4, -0.2) is 15.1 Å². The molecule has 2 aliphatic rings. The standard InChI is InChI=1S/C46H32N4/c1-2-14-31(15-3-1)45-37-19-8-10-20-38(37)47-46(48-45)50-39-21-11-9-18-35(39)36-25-24-32(28-42(36)50)49-40-26-22-29-12-4-6-16-33(29)43(40)44-34-17-7-5-13-30(34)23-27-41(44)49/h1-4,6-12,14-28,45H,5,13H2,(H,47,48). The lowest BCUT2D eigenvalue weighted by Crippen LogP contribution is -2.36. The fraction of sp³-hybridized carbons (Fsp3) is 0.0652. The Bertz CT molecular complexity index is 2900. The normalized spacial score (nSPS) is 15.4. The minimum atomic E-state index is -0.0239. The summed E-state index contributed by atoms with van der Waals surface area (Å²) in [6.07, 6.45) is 6.85. The van der Waals surface area contributed by atoms with Crippen LogP contribution in [-0.2, 0) is 6.42 Å². The number of fused-ring (bicyclic) bond motifs is 11. The van der Waals surface area contributed by atoms with Crippen LogP contribution in [0.15, 0.2) is 157 Å². The summed E-state index contributed by atoms with van der Waals surface area (Å²) in [5, 5.41) is 11.5. The van der Waals surface area contributed by atoms with Crippen molar-refractivity contribution in [3.05, 3.63) is 174 Å². The van der Waals surface area contributed by atoms with Gasteiger partial charge in [-0.1, -0.05) is 121 Å². The van der Waals surface area contributed by atoms with Gasteiger partial charge in [-0.05, 0) is 76.7 Å². The van der Waals surface area contributed by atoms with Crippen molar-refractivity contribution in [2.75, 3.05) is 0 Å². The molecule has 0 saturated heterocycles. The second kappa shape index (κ2) is 10.6. The van der Waals surface area contributed by atoms with E-state index in [0.29, 0.717) is 0 Å². The lowest BCUT2D eigenvalue weighted by atomic mass is 9.92. The fourth-order valence-corrected chi connectivity index (χ4v) is 8.60. The van der Waals surface area contributed by atoms with Gasteiger partial charge in [0.15, 0.2) is 0 Å². The molecule has 4 nitrogen and oxygen atoms in total. The molecule has 7 aromatic carbocycles. The summed E-state index contributed by atoms with van der Waals surface area (Å²) in [5.74, 6) is 0.827. The molecule has 0 spiro atoms. The summed E-state index contributed by atoms with van der Waals surface area (Å²) in [6, 6.07) is 52.9.